The summed E-state index contributed by atoms with van der Waals surface area (Å²) in [5.74, 6) is -7.56. The van der Waals surface area contributed by atoms with Crippen LogP contribution in [0.15, 0.2) is 95.0 Å². The van der Waals surface area contributed by atoms with Gasteiger partial charge in [-0.2, -0.15) is 52.7 Å². The van der Waals surface area contributed by atoms with Crippen molar-refractivity contribution in [3.05, 3.63) is 96.3 Å². The van der Waals surface area contributed by atoms with Crippen molar-refractivity contribution < 1.29 is 109 Å². The van der Waals surface area contributed by atoms with Gasteiger partial charge in [0.1, 0.15) is 5.60 Å². The molecule has 2 aliphatic heterocycles. The molecule has 0 saturated carbocycles. The van der Waals surface area contributed by atoms with Crippen molar-refractivity contribution in [3.63, 3.8) is 0 Å². The van der Waals surface area contributed by atoms with Crippen LogP contribution in [0.5, 0.6) is 0 Å². The van der Waals surface area contributed by atoms with Gasteiger partial charge in [0, 0.05) is 62.5 Å². The van der Waals surface area contributed by atoms with Crippen LogP contribution in [0.3, 0.4) is 0 Å². The average Bonchev–Trinajstić information content (AvgIpc) is 1.40. The van der Waals surface area contributed by atoms with Gasteiger partial charge in [-0.05, 0) is 133 Å². The molecule has 2 aliphatic rings. The minimum Gasteiger partial charge on any atom is -0.480 e. The minimum atomic E-state index is -5.08. The first-order chi connectivity index (χ1) is 38.5. The molecule has 4 heterocycles. The van der Waals surface area contributed by atoms with E-state index >= 15 is 0 Å². The molecule has 2 aromatic heterocycles. The highest BCUT2D eigenvalue weighted by Gasteiger charge is 2.55. The number of esters is 1. The number of carbonyl (C=O) groups is 4. The number of alkyl halides is 12. The molecule has 0 unspecified atom stereocenters. The van der Waals surface area contributed by atoms with Crippen LogP contribution in [0.1, 0.15) is 97.1 Å². The van der Waals surface area contributed by atoms with Gasteiger partial charge in [-0.25, -0.2) is 26.4 Å². The molecule has 0 amide bonds. The summed E-state index contributed by atoms with van der Waals surface area (Å²) >= 11 is 0. The number of aryl methyl sites for hydroxylation is 2. The molecule has 2 saturated heterocycles. The fraction of sp³-hybridized carbons (Fsp3) is 0.519. The zero-order valence-electron chi connectivity index (χ0n) is 46.1. The second-order valence-electron chi connectivity index (χ2n) is 20.4. The first kappa shape index (κ1) is 71.9. The SMILES string of the molecule is CCN1CCC(C(=O)O)(S(=O)(=O)c2ccc(-c3ccc(CCCC(F)(F)F)cn3)cc2)CC1.CCN1CCC(C(=O)OC(C)(C)C)(S(=O)(=O)c2ccc(-c3ccc(CCCC(F)(F)F)cn3)cc2)CC1.O=C(O)C(F)(F)F.O=C(O)C(F)(F)F. The third-order valence-corrected chi connectivity index (χ3v) is 18.3. The highest BCUT2D eigenvalue weighted by molar-refractivity contribution is 7.94. The molecule has 4 aromatic rings. The number of hydrogen-bond donors (Lipinski definition) is 3. The number of hydrogen-bond acceptors (Lipinski definition) is 13. The fourth-order valence-corrected chi connectivity index (χ4v) is 12.4. The summed E-state index contributed by atoms with van der Waals surface area (Å²) in [4.78, 5) is 55.9. The Bertz CT molecular complexity index is 3000. The number of ether oxygens (including phenoxy) is 1. The van der Waals surface area contributed by atoms with Crippen molar-refractivity contribution in [2.24, 2.45) is 0 Å². The lowest BCUT2D eigenvalue weighted by molar-refractivity contribution is -0.193. The Morgan fingerprint density at radius 2 is 0.833 bits per heavy atom. The molecule has 84 heavy (non-hydrogen) atoms. The predicted octanol–water partition coefficient (Wildman–Crippen LogP) is 11.2. The number of sulfone groups is 2. The molecule has 0 atom stereocenters. The largest absolute Gasteiger partial charge is 0.490 e. The number of likely N-dealkylation sites (tertiary alicyclic amines) is 2. The number of carbonyl (C=O) groups excluding carboxylic acids is 1. The molecule has 6 rings (SSSR count). The van der Waals surface area contributed by atoms with Crippen LogP contribution >= 0.6 is 0 Å². The van der Waals surface area contributed by atoms with Crippen LogP contribution in [0.4, 0.5) is 52.7 Å². The number of halogens is 12. The van der Waals surface area contributed by atoms with Crippen LogP contribution in [0.2, 0.25) is 0 Å². The summed E-state index contributed by atoms with van der Waals surface area (Å²) in [6.07, 6.45) is -16.3. The van der Waals surface area contributed by atoms with E-state index in [0.717, 1.165) is 13.1 Å². The minimum absolute atomic E-state index is 0.00744. The second kappa shape index (κ2) is 29.1. The van der Waals surface area contributed by atoms with Gasteiger partial charge in [0.05, 0.1) is 21.2 Å². The first-order valence-electron chi connectivity index (χ1n) is 25.8. The molecular weight excluding hydrogens is 1190 g/mol. The van der Waals surface area contributed by atoms with Gasteiger partial charge >= 0.3 is 48.6 Å². The van der Waals surface area contributed by atoms with E-state index in [0.29, 0.717) is 59.8 Å². The van der Waals surface area contributed by atoms with Crippen molar-refractivity contribution in [2.75, 3.05) is 39.3 Å². The molecule has 16 nitrogen and oxygen atoms in total. The van der Waals surface area contributed by atoms with Gasteiger partial charge in [0.2, 0.25) is 0 Å². The smallest absolute Gasteiger partial charge is 0.480 e. The third-order valence-electron chi connectivity index (χ3n) is 13.3. The summed E-state index contributed by atoms with van der Waals surface area (Å²) < 4.78 is 194. The van der Waals surface area contributed by atoms with Gasteiger partial charge < -0.3 is 29.9 Å². The fourth-order valence-electron chi connectivity index (χ4n) is 8.55. The number of carboxylic acids is 3. The van der Waals surface area contributed by atoms with Crippen molar-refractivity contribution >= 4 is 43.6 Å². The van der Waals surface area contributed by atoms with Gasteiger partial charge in [0.15, 0.2) is 29.2 Å². The Labute approximate surface area is 477 Å². The van der Waals surface area contributed by atoms with Crippen molar-refractivity contribution in [2.45, 2.75) is 148 Å². The molecule has 2 aromatic carbocycles. The number of aromatic nitrogens is 2. The topological polar surface area (TPSA) is 239 Å². The Morgan fingerprint density at radius 3 is 1.08 bits per heavy atom. The third kappa shape index (κ3) is 20.7. The van der Waals surface area contributed by atoms with E-state index in [9.17, 15) is 84.2 Å². The number of benzene rings is 2. The van der Waals surface area contributed by atoms with Crippen molar-refractivity contribution in [3.8, 4) is 22.5 Å². The monoisotopic (exact) mass is 1250 g/mol. The Balaban J connectivity index is 0.000000359. The number of carboxylic acid groups (broad SMARTS) is 3. The van der Waals surface area contributed by atoms with Crippen LogP contribution < -0.4 is 0 Å². The summed E-state index contributed by atoms with van der Waals surface area (Å²) in [7, 11) is -8.19. The van der Waals surface area contributed by atoms with Crippen molar-refractivity contribution in [1.82, 2.24) is 19.8 Å². The molecule has 3 N–H and O–H groups in total. The summed E-state index contributed by atoms with van der Waals surface area (Å²) in [6.45, 7) is 12.4. The van der Waals surface area contributed by atoms with E-state index < -0.39 is 96.2 Å². The summed E-state index contributed by atoms with van der Waals surface area (Å²) in [5, 5.41) is 24.1. The van der Waals surface area contributed by atoms with Crippen LogP contribution in [0.25, 0.3) is 22.5 Å². The van der Waals surface area contributed by atoms with Gasteiger partial charge in [-0.15, -0.1) is 0 Å². The van der Waals surface area contributed by atoms with Gasteiger partial charge in [-0.3, -0.25) is 19.6 Å². The quantitative estimate of drug-likeness (QED) is 0.0698. The molecule has 0 spiro atoms. The molecule has 30 heteroatoms. The maximum Gasteiger partial charge on any atom is 0.490 e. The number of pyridine rings is 2. The van der Waals surface area contributed by atoms with Crippen LogP contribution in [-0.4, -0.2) is 155 Å². The van der Waals surface area contributed by atoms with E-state index in [2.05, 4.69) is 14.9 Å². The lowest BCUT2D eigenvalue weighted by atomic mass is 9.95. The Hall–Kier alpha value is -6.40. The molecule has 0 radical (unpaired) electrons. The van der Waals surface area contributed by atoms with E-state index in [-0.39, 0.29) is 61.2 Å². The van der Waals surface area contributed by atoms with E-state index in [1.54, 1.807) is 69.3 Å². The maximum atomic E-state index is 13.9. The molecule has 0 aliphatic carbocycles. The number of rotatable bonds is 16. The number of aliphatic carboxylic acids is 3. The molecule has 2 fully saturated rings. The predicted molar refractivity (Wildman–Crippen MR) is 281 cm³/mol. The van der Waals surface area contributed by atoms with E-state index in [1.165, 1.54) is 36.7 Å². The Morgan fingerprint density at radius 1 is 0.524 bits per heavy atom. The lowest BCUT2D eigenvalue weighted by Gasteiger charge is -2.40. The van der Waals surface area contributed by atoms with Gasteiger partial charge in [0.25, 0.3) is 0 Å². The van der Waals surface area contributed by atoms with E-state index in [1.807, 2.05) is 18.7 Å². The van der Waals surface area contributed by atoms with E-state index in [4.69, 9.17) is 24.5 Å². The Kier molecular flexibility index (Phi) is 24.9. The highest BCUT2D eigenvalue weighted by Crippen LogP contribution is 2.40. The maximum absolute atomic E-state index is 13.9. The normalized spacial score (nSPS) is 16.1. The average molecular weight is 1250 g/mol. The molecule has 0 bridgehead atoms. The number of piperidine rings is 2. The highest BCUT2D eigenvalue weighted by atomic mass is 32.2. The first-order valence-corrected chi connectivity index (χ1v) is 28.8. The van der Waals surface area contributed by atoms with Crippen LogP contribution in [0, 0.1) is 0 Å². The zero-order valence-corrected chi connectivity index (χ0v) is 47.7. The summed E-state index contributed by atoms with van der Waals surface area (Å²) in [6, 6.07) is 18.9. The second-order valence-corrected chi connectivity index (χ2v) is 24.9. The number of nitrogens with zero attached hydrogens (tertiary/aromatic N) is 4. The lowest BCUT2D eigenvalue weighted by Crippen LogP contribution is -2.56. The zero-order chi connectivity index (χ0) is 63.9. The van der Waals surface area contributed by atoms with Crippen LogP contribution in [-0.2, 0) is 56.4 Å². The van der Waals surface area contributed by atoms with Gasteiger partial charge in [-0.1, -0.05) is 50.2 Å². The molecular formula is C54H64F12N4O12S2. The molecule has 468 valence electrons. The van der Waals surface area contributed by atoms with Crippen molar-refractivity contribution in [1.29, 1.82) is 0 Å². The standard InChI is InChI=1S/C27H35F3N2O4S.C23H27F3N2O4S.2C2HF3O2/c1-5-32-17-15-26(16-18-32,24(33)36-25(2,3)4)37(34,35)22-11-9-21(10-12-22)23-13-8-20(19-31-23)7-6-14-27(28,29)30;1-2-28-14-12-22(13-15-28,21(29)30)33(31,32)19-8-6-18(7-9-19)20-10-5-17(16-27-20)4-3-11-23(24,25)26;2*3-2(4,5)1(6)7/h8-13,19H,5-7,14-18H2,1-4H3;5-10,16H,2-4,11-15H2,1H3,(H,29,30);2*(H,6,7). The summed E-state index contributed by atoms with van der Waals surface area (Å²) in [5.41, 5.74) is 2.96.